The zero-order chi connectivity index (χ0) is 24.4. The summed E-state index contributed by atoms with van der Waals surface area (Å²) in [5, 5.41) is 15.4. The summed E-state index contributed by atoms with van der Waals surface area (Å²) < 4.78 is 1.60. The molecule has 4 aromatic heterocycles. The Bertz CT molecular complexity index is 1360. The van der Waals surface area contributed by atoms with Crippen molar-refractivity contribution >= 4 is 34.6 Å². The number of aliphatic hydroxyl groups excluding tert-OH is 1. The van der Waals surface area contributed by atoms with Gasteiger partial charge in [-0.1, -0.05) is 13.8 Å². The van der Waals surface area contributed by atoms with Crippen molar-refractivity contribution in [1.82, 2.24) is 35.0 Å². The minimum absolute atomic E-state index is 0.154. The number of imidazole rings is 2. The van der Waals surface area contributed by atoms with Crippen molar-refractivity contribution in [3.8, 4) is 0 Å². The molecule has 0 aromatic carbocycles. The number of aryl methyl sites for hydroxylation is 1. The molecular formula is C23H28N8O3. The quantitative estimate of drug-likeness (QED) is 0.264. The molecule has 11 nitrogen and oxygen atoms in total. The number of carbonyl (C=O) groups excluding carboxylic acids is 2. The lowest BCUT2D eigenvalue weighted by Gasteiger charge is -2.18. The summed E-state index contributed by atoms with van der Waals surface area (Å²) in [6, 6.07) is 4.81. The second-order valence-corrected chi connectivity index (χ2v) is 8.66. The molecule has 4 heterocycles. The van der Waals surface area contributed by atoms with Crippen LogP contribution in [0, 0.1) is 12.8 Å². The van der Waals surface area contributed by atoms with Gasteiger partial charge in [-0.05, 0) is 43.0 Å². The first-order chi connectivity index (χ1) is 16.3. The lowest BCUT2D eigenvalue weighted by atomic mass is 10.0. The van der Waals surface area contributed by atoms with Gasteiger partial charge >= 0.3 is 0 Å². The number of amides is 2. The van der Waals surface area contributed by atoms with E-state index in [2.05, 4.69) is 30.6 Å². The summed E-state index contributed by atoms with van der Waals surface area (Å²) >= 11 is 0. The molecule has 34 heavy (non-hydrogen) atoms. The van der Waals surface area contributed by atoms with Gasteiger partial charge in [0.25, 0.3) is 11.8 Å². The third-order valence-electron chi connectivity index (χ3n) is 5.46. The molecule has 4 aromatic rings. The van der Waals surface area contributed by atoms with E-state index in [9.17, 15) is 14.7 Å². The average Bonchev–Trinajstić information content (AvgIpc) is 3.33. The minimum atomic E-state index is -0.361. The van der Waals surface area contributed by atoms with Gasteiger partial charge in [0, 0.05) is 18.9 Å². The molecule has 0 aliphatic rings. The first-order valence-electron chi connectivity index (χ1n) is 11.0. The number of nitrogens with zero attached hydrogens (tertiary/aromatic N) is 4. The Morgan fingerprint density at radius 2 is 2.06 bits per heavy atom. The molecule has 0 aliphatic heterocycles. The molecule has 0 bridgehead atoms. The minimum Gasteiger partial charge on any atom is -0.394 e. The highest BCUT2D eigenvalue weighted by atomic mass is 16.3. The van der Waals surface area contributed by atoms with Gasteiger partial charge < -0.3 is 26.5 Å². The standard InChI is InChI=1S/C23H28N8O3/c1-12(2)7-15(11-32)28-22(34)18-13(3)27-20-16(5-4-6-31(18)20)21(33)26-10-14-8-17-19(25-9-14)30-23(24)29-17/h4-6,8-9,12,15,32H,7,10-11H2,1-3H3,(H,26,33)(H,28,34)(H3,24,25,29,30)/t15-/m0/s1. The molecular weight excluding hydrogens is 436 g/mol. The molecule has 4 rings (SSSR count). The molecule has 0 saturated carbocycles. The number of nitrogens with two attached hydrogens (primary N) is 1. The van der Waals surface area contributed by atoms with Crippen LogP contribution in [0.5, 0.6) is 0 Å². The van der Waals surface area contributed by atoms with Crippen molar-refractivity contribution in [2.45, 2.75) is 39.8 Å². The van der Waals surface area contributed by atoms with Gasteiger partial charge in [-0.25, -0.2) is 9.97 Å². The Morgan fingerprint density at radius 3 is 2.79 bits per heavy atom. The number of carbonyl (C=O) groups is 2. The van der Waals surface area contributed by atoms with Crippen molar-refractivity contribution < 1.29 is 14.7 Å². The fraction of sp³-hybridized carbons (Fsp3) is 0.348. The molecule has 1 atom stereocenters. The highest BCUT2D eigenvalue weighted by Gasteiger charge is 2.23. The lowest BCUT2D eigenvalue weighted by molar-refractivity contribution is 0.0899. The molecule has 0 aliphatic carbocycles. The fourth-order valence-corrected chi connectivity index (χ4v) is 3.97. The van der Waals surface area contributed by atoms with E-state index < -0.39 is 0 Å². The van der Waals surface area contributed by atoms with Crippen molar-refractivity contribution in [2.24, 2.45) is 5.92 Å². The highest BCUT2D eigenvalue weighted by Crippen LogP contribution is 2.18. The Balaban J connectivity index is 1.54. The topological polar surface area (TPSA) is 163 Å². The molecule has 0 saturated heterocycles. The summed E-state index contributed by atoms with van der Waals surface area (Å²) in [5.74, 6) is -0.0859. The molecule has 2 amide bonds. The fourth-order valence-electron chi connectivity index (χ4n) is 3.97. The number of H-pyrrole nitrogens is 1. The summed E-state index contributed by atoms with van der Waals surface area (Å²) in [5.41, 5.74) is 9.16. The van der Waals surface area contributed by atoms with Crippen LogP contribution in [0.2, 0.25) is 0 Å². The molecule has 178 valence electrons. The van der Waals surface area contributed by atoms with Crippen LogP contribution >= 0.6 is 0 Å². The Morgan fingerprint density at radius 1 is 1.26 bits per heavy atom. The van der Waals surface area contributed by atoms with Crippen LogP contribution in [0.4, 0.5) is 5.95 Å². The maximum absolute atomic E-state index is 13.0. The van der Waals surface area contributed by atoms with Crippen molar-refractivity contribution in [1.29, 1.82) is 0 Å². The largest absolute Gasteiger partial charge is 0.394 e. The Kier molecular flexibility index (Phi) is 6.46. The second kappa shape index (κ2) is 9.48. The maximum Gasteiger partial charge on any atom is 0.270 e. The van der Waals surface area contributed by atoms with Gasteiger partial charge in [-0.15, -0.1) is 0 Å². The van der Waals surface area contributed by atoms with Crippen LogP contribution in [-0.2, 0) is 6.54 Å². The van der Waals surface area contributed by atoms with Crippen molar-refractivity contribution in [3.05, 3.63) is 53.1 Å². The molecule has 0 radical (unpaired) electrons. The summed E-state index contributed by atoms with van der Waals surface area (Å²) in [6.07, 6.45) is 3.97. The predicted octanol–water partition coefficient (Wildman–Crippen LogP) is 1.56. The van der Waals surface area contributed by atoms with Crippen LogP contribution in [0.3, 0.4) is 0 Å². The van der Waals surface area contributed by atoms with Crippen LogP contribution < -0.4 is 16.4 Å². The summed E-state index contributed by atoms with van der Waals surface area (Å²) in [4.78, 5) is 41.7. The Labute approximate surface area is 195 Å². The number of aromatic amines is 1. The van der Waals surface area contributed by atoms with E-state index in [0.717, 1.165) is 5.56 Å². The van der Waals surface area contributed by atoms with Gasteiger partial charge in [-0.2, -0.15) is 4.98 Å². The van der Waals surface area contributed by atoms with E-state index >= 15 is 0 Å². The zero-order valence-electron chi connectivity index (χ0n) is 19.3. The first kappa shape index (κ1) is 23.2. The van der Waals surface area contributed by atoms with E-state index in [1.165, 1.54) is 0 Å². The smallest absolute Gasteiger partial charge is 0.270 e. The van der Waals surface area contributed by atoms with E-state index in [0.29, 0.717) is 46.1 Å². The third-order valence-corrected chi connectivity index (χ3v) is 5.46. The second-order valence-electron chi connectivity index (χ2n) is 8.66. The number of aromatic nitrogens is 5. The molecule has 0 fully saturated rings. The maximum atomic E-state index is 13.0. The number of hydrogen-bond acceptors (Lipinski definition) is 7. The van der Waals surface area contributed by atoms with Crippen LogP contribution in [0.15, 0.2) is 30.6 Å². The summed E-state index contributed by atoms with van der Waals surface area (Å²) in [6.45, 7) is 5.85. The van der Waals surface area contributed by atoms with Crippen LogP contribution in [0.25, 0.3) is 16.8 Å². The molecule has 0 spiro atoms. The normalized spacial score (nSPS) is 12.4. The predicted molar refractivity (Wildman–Crippen MR) is 127 cm³/mol. The highest BCUT2D eigenvalue weighted by molar-refractivity contribution is 6.01. The molecule has 6 N–H and O–H groups in total. The van der Waals surface area contributed by atoms with Crippen LogP contribution in [-0.4, -0.2) is 53.9 Å². The van der Waals surface area contributed by atoms with Crippen LogP contribution in [0.1, 0.15) is 52.4 Å². The number of nitrogens with one attached hydrogen (secondary N) is 3. The third kappa shape index (κ3) is 4.69. The number of anilines is 1. The van der Waals surface area contributed by atoms with Crippen molar-refractivity contribution in [3.63, 3.8) is 0 Å². The summed E-state index contributed by atoms with van der Waals surface area (Å²) in [7, 11) is 0. The first-order valence-corrected chi connectivity index (χ1v) is 11.0. The lowest BCUT2D eigenvalue weighted by Crippen LogP contribution is -2.39. The molecule has 0 unspecified atom stereocenters. The van der Waals surface area contributed by atoms with Gasteiger partial charge in [-0.3, -0.25) is 14.0 Å². The number of aliphatic hydroxyl groups is 1. The zero-order valence-corrected chi connectivity index (χ0v) is 19.3. The number of hydrogen-bond donors (Lipinski definition) is 5. The SMILES string of the molecule is Cc1nc2c(C(=O)NCc3cnc4nc(N)[nH]c4c3)cccn2c1C(=O)N[C@H](CO)CC(C)C. The number of rotatable bonds is 8. The number of fused-ring (bicyclic) bond motifs is 2. The van der Waals surface area contributed by atoms with Gasteiger partial charge in [0.05, 0.1) is 29.4 Å². The number of nitrogen functional groups attached to an aromatic ring is 1. The van der Waals surface area contributed by atoms with E-state index in [1.807, 2.05) is 19.9 Å². The van der Waals surface area contributed by atoms with E-state index in [-0.39, 0.29) is 37.0 Å². The molecule has 11 heteroatoms. The van der Waals surface area contributed by atoms with Gasteiger partial charge in [0.2, 0.25) is 0 Å². The van der Waals surface area contributed by atoms with E-state index in [1.54, 1.807) is 35.9 Å². The van der Waals surface area contributed by atoms with Crippen molar-refractivity contribution in [2.75, 3.05) is 12.3 Å². The van der Waals surface area contributed by atoms with Gasteiger partial charge in [0.15, 0.2) is 17.2 Å². The van der Waals surface area contributed by atoms with Gasteiger partial charge in [0.1, 0.15) is 5.69 Å². The average molecular weight is 465 g/mol. The number of pyridine rings is 2. The van der Waals surface area contributed by atoms with E-state index in [4.69, 9.17) is 5.73 Å². The Hall–Kier alpha value is -3.99. The monoisotopic (exact) mass is 464 g/mol.